The van der Waals surface area contributed by atoms with Crippen LogP contribution in [-0.2, 0) is 21.5 Å². The fourth-order valence-corrected chi connectivity index (χ4v) is 3.28. The lowest BCUT2D eigenvalue weighted by molar-refractivity contribution is -0.140. The van der Waals surface area contributed by atoms with Gasteiger partial charge in [-0.05, 0) is 25.3 Å². The number of carbonyl (C=O) groups excluding carboxylic acids is 1. The highest BCUT2D eigenvalue weighted by Crippen LogP contribution is 2.36. The van der Waals surface area contributed by atoms with E-state index < -0.39 is 5.41 Å². The van der Waals surface area contributed by atoms with Gasteiger partial charge in [0.25, 0.3) is 0 Å². The van der Waals surface area contributed by atoms with Crippen molar-refractivity contribution in [3.63, 3.8) is 0 Å². The minimum absolute atomic E-state index is 0.118. The summed E-state index contributed by atoms with van der Waals surface area (Å²) in [5.41, 5.74) is 1.33. The van der Waals surface area contributed by atoms with E-state index in [1.54, 1.807) is 4.90 Å². The second kappa shape index (κ2) is 6.54. The predicted molar refractivity (Wildman–Crippen MR) is 85.9 cm³/mol. The predicted octanol–water partition coefficient (Wildman–Crippen LogP) is 2.69. The van der Waals surface area contributed by atoms with Gasteiger partial charge in [0.05, 0.1) is 12.0 Å². The molecule has 0 aliphatic carbocycles. The van der Waals surface area contributed by atoms with Crippen LogP contribution in [0, 0.1) is 6.92 Å². The summed E-state index contributed by atoms with van der Waals surface area (Å²) in [4.78, 5) is 15.0. The van der Waals surface area contributed by atoms with Gasteiger partial charge in [0.2, 0.25) is 5.91 Å². The Kier molecular flexibility index (Phi) is 4.48. The van der Waals surface area contributed by atoms with Crippen molar-refractivity contribution in [3.8, 4) is 0 Å². The molecule has 2 aromatic rings. The minimum atomic E-state index is -0.507. The van der Waals surface area contributed by atoms with Gasteiger partial charge in [0, 0.05) is 26.3 Å². The van der Waals surface area contributed by atoms with Crippen LogP contribution < -0.4 is 0 Å². The summed E-state index contributed by atoms with van der Waals surface area (Å²) in [5.74, 6) is 0.873. The van der Waals surface area contributed by atoms with Crippen LogP contribution >= 0.6 is 0 Å². The molecule has 0 radical (unpaired) electrons. The van der Waals surface area contributed by atoms with E-state index in [4.69, 9.17) is 9.26 Å². The molecule has 1 amide bonds. The first kappa shape index (κ1) is 15.7. The number of hydrogen-bond acceptors (Lipinski definition) is 4. The number of ether oxygens (including phenoxy) is 1. The first-order valence-corrected chi connectivity index (χ1v) is 7.93. The van der Waals surface area contributed by atoms with Gasteiger partial charge >= 0.3 is 0 Å². The van der Waals surface area contributed by atoms with E-state index >= 15 is 0 Å². The van der Waals surface area contributed by atoms with Crippen molar-refractivity contribution in [1.82, 2.24) is 10.1 Å². The Hall–Kier alpha value is -2.14. The molecule has 5 nitrogen and oxygen atoms in total. The summed E-state index contributed by atoms with van der Waals surface area (Å²) >= 11 is 0. The molecule has 2 heterocycles. The number of nitrogens with zero attached hydrogens (tertiary/aromatic N) is 2. The molecule has 3 rings (SSSR count). The van der Waals surface area contributed by atoms with Gasteiger partial charge < -0.3 is 14.2 Å². The van der Waals surface area contributed by atoms with Gasteiger partial charge in [-0.3, -0.25) is 4.79 Å². The summed E-state index contributed by atoms with van der Waals surface area (Å²) in [6.45, 7) is 3.52. The maximum atomic E-state index is 13.2. The second-order valence-electron chi connectivity index (χ2n) is 6.15. The van der Waals surface area contributed by atoms with Crippen LogP contribution in [0.15, 0.2) is 40.9 Å². The van der Waals surface area contributed by atoms with E-state index in [0.717, 1.165) is 17.0 Å². The largest absolute Gasteiger partial charge is 0.381 e. The number of aryl methyl sites for hydroxylation is 1. The molecule has 0 atom stereocenters. The van der Waals surface area contributed by atoms with Crippen LogP contribution in [-0.4, -0.2) is 36.2 Å². The molecule has 1 aliphatic heterocycles. The van der Waals surface area contributed by atoms with Crippen LogP contribution in [0.3, 0.4) is 0 Å². The molecule has 0 unspecified atom stereocenters. The van der Waals surface area contributed by atoms with Gasteiger partial charge in [-0.15, -0.1) is 0 Å². The van der Waals surface area contributed by atoms with Crippen molar-refractivity contribution in [2.24, 2.45) is 0 Å². The molecule has 1 fully saturated rings. The summed E-state index contributed by atoms with van der Waals surface area (Å²) in [6, 6.07) is 11.9. The first-order valence-electron chi connectivity index (χ1n) is 7.93. The third-order valence-corrected chi connectivity index (χ3v) is 4.50. The van der Waals surface area contributed by atoms with Crippen molar-refractivity contribution >= 4 is 5.91 Å². The van der Waals surface area contributed by atoms with Crippen molar-refractivity contribution in [3.05, 3.63) is 53.4 Å². The Morgan fingerprint density at radius 3 is 2.57 bits per heavy atom. The first-order chi connectivity index (χ1) is 11.1. The van der Waals surface area contributed by atoms with E-state index in [-0.39, 0.29) is 5.91 Å². The molecule has 23 heavy (non-hydrogen) atoms. The van der Waals surface area contributed by atoms with E-state index in [0.29, 0.717) is 32.6 Å². The Bertz CT molecular complexity index is 660. The highest BCUT2D eigenvalue weighted by molar-refractivity contribution is 5.88. The minimum Gasteiger partial charge on any atom is -0.381 e. The maximum absolute atomic E-state index is 13.2. The molecule has 0 N–H and O–H groups in total. The summed E-state index contributed by atoms with van der Waals surface area (Å²) in [6.07, 6.45) is 1.41. The molecule has 1 saturated heterocycles. The van der Waals surface area contributed by atoms with E-state index in [1.165, 1.54) is 0 Å². The number of aromatic nitrogens is 1. The third kappa shape index (κ3) is 3.15. The zero-order valence-corrected chi connectivity index (χ0v) is 13.6. The van der Waals surface area contributed by atoms with Gasteiger partial charge in [-0.2, -0.15) is 0 Å². The number of carbonyl (C=O) groups is 1. The Morgan fingerprint density at radius 1 is 1.26 bits per heavy atom. The Labute approximate surface area is 136 Å². The molecule has 1 aliphatic rings. The molecular formula is C18H22N2O3. The lowest BCUT2D eigenvalue weighted by Gasteiger charge is -2.39. The third-order valence-electron chi connectivity index (χ3n) is 4.50. The lowest BCUT2D eigenvalue weighted by atomic mass is 9.73. The lowest BCUT2D eigenvalue weighted by Crippen LogP contribution is -2.48. The standard InChI is InChI=1S/C18H22N2O3/c1-14-12-16(19-23-14)13-20(2)17(21)18(8-10-22-11-9-18)15-6-4-3-5-7-15/h3-7,12H,8-11,13H2,1-2H3. The van der Waals surface area contributed by atoms with Crippen molar-refractivity contribution in [2.45, 2.75) is 31.7 Å². The molecule has 1 aromatic carbocycles. The van der Waals surface area contributed by atoms with Crippen molar-refractivity contribution < 1.29 is 14.1 Å². The summed E-state index contributed by atoms with van der Waals surface area (Å²) < 4.78 is 10.6. The number of amides is 1. The van der Waals surface area contributed by atoms with Crippen LogP contribution in [0.25, 0.3) is 0 Å². The second-order valence-corrected chi connectivity index (χ2v) is 6.15. The molecule has 1 aromatic heterocycles. The monoisotopic (exact) mass is 314 g/mol. The average molecular weight is 314 g/mol. The fourth-order valence-electron chi connectivity index (χ4n) is 3.28. The zero-order chi connectivity index (χ0) is 16.3. The van der Waals surface area contributed by atoms with Crippen molar-refractivity contribution in [2.75, 3.05) is 20.3 Å². The fraction of sp³-hybridized carbons (Fsp3) is 0.444. The van der Waals surface area contributed by atoms with Crippen LogP contribution in [0.2, 0.25) is 0 Å². The molecule has 0 bridgehead atoms. The smallest absolute Gasteiger partial charge is 0.233 e. The summed E-state index contributed by atoms with van der Waals surface area (Å²) in [7, 11) is 1.83. The van der Waals surface area contributed by atoms with Crippen LogP contribution in [0.5, 0.6) is 0 Å². The van der Waals surface area contributed by atoms with Gasteiger partial charge in [-0.1, -0.05) is 35.5 Å². The number of benzene rings is 1. The number of likely N-dealkylation sites (N-methyl/N-ethyl adjacent to an activating group) is 1. The molecular weight excluding hydrogens is 292 g/mol. The highest BCUT2D eigenvalue weighted by atomic mass is 16.5. The van der Waals surface area contributed by atoms with E-state index in [1.807, 2.05) is 50.4 Å². The molecule has 122 valence electrons. The maximum Gasteiger partial charge on any atom is 0.233 e. The SMILES string of the molecule is Cc1cc(CN(C)C(=O)C2(c3ccccc3)CCOCC2)no1. The topological polar surface area (TPSA) is 55.6 Å². The zero-order valence-electron chi connectivity index (χ0n) is 13.6. The average Bonchev–Trinajstić information content (AvgIpc) is 3.00. The Balaban J connectivity index is 1.85. The van der Waals surface area contributed by atoms with Crippen LogP contribution in [0.1, 0.15) is 29.9 Å². The summed E-state index contributed by atoms with van der Waals surface area (Å²) in [5, 5.41) is 3.99. The van der Waals surface area contributed by atoms with E-state index in [2.05, 4.69) is 5.16 Å². The normalized spacial score (nSPS) is 17.0. The van der Waals surface area contributed by atoms with Gasteiger partial charge in [0.15, 0.2) is 0 Å². The van der Waals surface area contributed by atoms with Gasteiger partial charge in [-0.25, -0.2) is 0 Å². The van der Waals surface area contributed by atoms with Crippen molar-refractivity contribution in [1.29, 1.82) is 0 Å². The number of rotatable bonds is 4. The van der Waals surface area contributed by atoms with Crippen LogP contribution in [0.4, 0.5) is 0 Å². The molecule has 5 heteroatoms. The quantitative estimate of drug-likeness (QED) is 0.870. The molecule has 0 spiro atoms. The number of hydrogen-bond donors (Lipinski definition) is 0. The van der Waals surface area contributed by atoms with E-state index in [9.17, 15) is 4.79 Å². The van der Waals surface area contributed by atoms with Gasteiger partial charge in [0.1, 0.15) is 11.5 Å². The highest BCUT2D eigenvalue weighted by Gasteiger charge is 2.43. The Morgan fingerprint density at radius 2 is 1.96 bits per heavy atom. The molecule has 0 saturated carbocycles.